The molecule has 100 valence electrons. The molecule has 2 nitrogen and oxygen atoms in total. The molecular formula is C14H19F2NO. The van der Waals surface area contributed by atoms with Gasteiger partial charge in [0.25, 0.3) is 0 Å². The van der Waals surface area contributed by atoms with Crippen LogP contribution in [-0.4, -0.2) is 19.2 Å². The summed E-state index contributed by atoms with van der Waals surface area (Å²) in [5.74, 6) is -0.835. The second-order valence-electron chi connectivity index (χ2n) is 4.95. The molecule has 1 N–H and O–H groups in total. The zero-order valence-electron chi connectivity index (χ0n) is 10.8. The number of ether oxygens (including phenoxy) is 1. The molecule has 0 aliphatic carbocycles. The first-order valence-corrected chi connectivity index (χ1v) is 6.38. The summed E-state index contributed by atoms with van der Waals surface area (Å²) in [5, 5.41) is 3.35. The van der Waals surface area contributed by atoms with E-state index in [9.17, 15) is 8.78 Å². The largest absolute Gasteiger partial charge is 0.370 e. The highest BCUT2D eigenvalue weighted by atomic mass is 19.1. The van der Waals surface area contributed by atoms with Crippen LogP contribution in [0.25, 0.3) is 0 Å². The third-order valence-corrected chi connectivity index (χ3v) is 3.51. The van der Waals surface area contributed by atoms with E-state index in [1.54, 1.807) is 0 Å². The summed E-state index contributed by atoms with van der Waals surface area (Å²) in [6, 6.07) is 3.82. The van der Waals surface area contributed by atoms with Crippen molar-refractivity contribution in [2.45, 2.75) is 38.3 Å². The molecule has 1 aromatic rings. The molecule has 2 atom stereocenters. The first kappa shape index (κ1) is 13.4. The van der Waals surface area contributed by atoms with Crippen LogP contribution in [0.1, 0.15) is 32.3 Å². The highest BCUT2D eigenvalue weighted by Crippen LogP contribution is 2.36. The van der Waals surface area contributed by atoms with E-state index in [4.69, 9.17) is 4.74 Å². The Morgan fingerprint density at radius 3 is 2.94 bits per heavy atom. The summed E-state index contributed by atoms with van der Waals surface area (Å²) in [7, 11) is 0. The van der Waals surface area contributed by atoms with Crippen LogP contribution >= 0.6 is 0 Å². The van der Waals surface area contributed by atoms with Crippen LogP contribution in [0.2, 0.25) is 0 Å². The molecule has 1 saturated heterocycles. The van der Waals surface area contributed by atoms with Gasteiger partial charge in [0.2, 0.25) is 0 Å². The van der Waals surface area contributed by atoms with Gasteiger partial charge >= 0.3 is 0 Å². The zero-order valence-corrected chi connectivity index (χ0v) is 10.8. The Morgan fingerprint density at radius 2 is 2.22 bits per heavy atom. The predicted octanol–water partition coefficient (Wildman–Crippen LogP) is 2.97. The summed E-state index contributed by atoms with van der Waals surface area (Å²) in [5.41, 5.74) is -0.442. The standard InChI is InChI=1S/C14H19F2NO/c1-3-17-11-6-7-18-14(2,9-11)12-8-10(15)4-5-13(12)16/h4-5,8,11,17H,3,6-7,9H2,1-2H3. The van der Waals surface area contributed by atoms with Crippen LogP contribution in [0.15, 0.2) is 18.2 Å². The van der Waals surface area contributed by atoms with Gasteiger partial charge < -0.3 is 10.1 Å². The molecule has 2 unspecified atom stereocenters. The quantitative estimate of drug-likeness (QED) is 0.896. The topological polar surface area (TPSA) is 21.3 Å². The van der Waals surface area contributed by atoms with Gasteiger partial charge in [0.05, 0.1) is 5.60 Å². The van der Waals surface area contributed by atoms with E-state index in [0.717, 1.165) is 25.1 Å². The van der Waals surface area contributed by atoms with Gasteiger partial charge in [-0.25, -0.2) is 8.78 Å². The monoisotopic (exact) mass is 255 g/mol. The zero-order chi connectivity index (χ0) is 13.2. The molecule has 1 aliphatic rings. The van der Waals surface area contributed by atoms with Crippen LogP contribution in [0.4, 0.5) is 8.78 Å². The smallest absolute Gasteiger partial charge is 0.129 e. The van der Waals surface area contributed by atoms with E-state index < -0.39 is 17.2 Å². The Balaban J connectivity index is 2.26. The van der Waals surface area contributed by atoms with E-state index in [1.165, 1.54) is 6.07 Å². The Labute approximate surface area is 106 Å². The van der Waals surface area contributed by atoms with E-state index in [0.29, 0.717) is 18.6 Å². The van der Waals surface area contributed by atoms with Crippen molar-refractivity contribution in [3.8, 4) is 0 Å². The van der Waals surface area contributed by atoms with Gasteiger partial charge in [-0.1, -0.05) is 6.92 Å². The number of rotatable bonds is 3. The van der Waals surface area contributed by atoms with Gasteiger partial charge in [0, 0.05) is 18.2 Å². The third kappa shape index (κ3) is 2.70. The Hall–Kier alpha value is -1.00. The van der Waals surface area contributed by atoms with Crippen LogP contribution in [0, 0.1) is 11.6 Å². The average molecular weight is 255 g/mol. The third-order valence-electron chi connectivity index (χ3n) is 3.51. The predicted molar refractivity (Wildman–Crippen MR) is 66.4 cm³/mol. The van der Waals surface area contributed by atoms with Crippen molar-refractivity contribution < 1.29 is 13.5 Å². The molecule has 0 spiro atoms. The van der Waals surface area contributed by atoms with Gasteiger partial charge in [-0.3, -0.25) is 0 Å². The van der Waals surface area contributed by atoms with Gasteiger partial charge in [-0.15, -0.1) is 0 Å². The Morgan fingerprint density at radius 1 is 1.44 bits per heavy atom. The first-order valence-electron chi connectivity index (χ1n) is 6.38. The van der Waals surface area contributed by atoms with Crippen molar-refractivity contribution in [3.63, 3.8) is 0 Å². The second kappa shape index (κ2) is 5.33. The van der Waals surface area contributed by atoms with Crippen molar-refractivity contribution in [3.05, 3.63) is 35.4 Å². The van der Waals surface area contributed by atoms with Crippen molar-refractivity contribution in [2.24, 2.45) is 0 Å². The van der Waals surface area contributed by atoms with E-state index in [1.807, 2.05) is 13.8 Å². The molecule has 4 heteroatoms. The van der Waals surface area contributed by atoms with Crippen LogP contribution in [0.3, 0.4) is 0 Å². The number of nitrogens with one attached hydrogen (secondary N) is 1. The molecule has 1 heterocycles. The molecule has 1 aliphatic heterocycles. The van der Waals surface area contributed by atoms with Gasteiger partial charge in [-0.05, 0) is 44.5 Å². The van der Waals surface area contributed by atoms with E-state index in [-0.39, 0.29) is 6.04 Å². The normalized spacial score (nSPS) is 28.3. The molecule has 0 saturated carbocycles. The summed E-state index contributed by atoms with van der Waals surface area (Å²) >= 11 is 0. The lowest BCUT2D eigenvalue weighted by molar-refractivity contribution is -0.0831. The molecular weight excluding hydrogens is 236 g/mol. The van der Waals surface area contributed by atoms with Crippen molar-refractivity contribution in [1.82, 2.24) is 5.32 Å². The molecule has 0 aromatic heterocycles. The maximum atomic E-state index is 13.8. The molecule has 0 amide bonds. The number of halogens is 2. The lowest BCUT2D eigenvalue weighted by Crippen LogP contribution is -2.44. The summed E-state index contributed by atoms with van der Waals surface area (Å²) in [6.45, 7) is 5.29. The molecule has 2 rings (SSSR count). The highest BCUT2D eigenvalue weighted by molar-refractivity contribution is 5.25. The lowest BCUT2D eigenvalue weighted by Gasteiger charge is -2.39. The Bertz CT molecular complexity index is 422. The first-order chi connectivity index (χ1) is 8.55. The van der Waals surface area contributed by atoms with Crippen molar-refractivity contribution in [1.29, 1.82) is 0 Å². The minimum atomic E-state index is -0.753. The second-order valence-corrected chi connectivity index (χ2v) is 4.95. The fourth-order valence-electron chi connectivity index (χ4n) is 2.61. The van der Waals surface area contributed by atoms with Gasteiger partial charge in [-0.2, -0.15) is 0 Å². The Kier molecular flexibility index (Phi) is 3.97. The fourth-order valence-corrected chi connectivity index (χ4v) is 2.61. The summed E-state index contributed by atoms with van der Waals surface area (Å²) in [4.78, 5) is 0. The fraction of sp³-hybridized carbons (Fsp3) is 0.571. The van der Waals surface area contributed by atoms with Gasteiger partial charge in [0.15, 0.2) is 0 Å². The number of hydrogen-bond donors (Lipinski definition) is 1. The van der Waals surface area contributed by atoms with Crippen molar-refractivity contribution in [2.75, 3.05) is 13.2 Å². The maximum absolute atomic E-state index is 13.8. The van der Waals surface area contributed by atoms with Crippen LogP contribution in [0.5, 0.6) is 0 Å². The highest BCUT2D eigenvalue weighted by Gasteiger charge is 2.36. The minimum absolute atomic E-state index is 0.288. The van der Waals surface area contributed by atoms with Crippen LogP contribution < -0.4 is 5.32 Å². The molecule has 1 fully saturated rings. The van der Waals surface area contributed by atoms with E-state index in [2.05, 4.69) is 5.32 Å². The lowest BCUT2D eigenvalue weighted by atomic mass is 9.85. The number of hydrogen-bond acceptors (Lipinski definition) is 2. The average Bonchev–Trinajstić information content (AvgIpc) is 2.33. The van der Waals surface area contributed by atoms with Crippen molar-refractivity contribution >= 4 is 0 Å². The molecule has 18 heavy (non-hydrogen) atoms. The van der Waals surface area contributed by atoms with E-state index >= 15 is 0 Å². The minimum Gasteiger partial charge on any atom is -0.370 e. The SMILES string of the molecule is CCNC1CCOC(C)(c2cc(F)ccc2F)C1. The molecule has 0 bridgehead atoms. The summed E-state index contributed by atoms with van der Waals surface area (Å²) < 4.78 is 32.8. The van der Waals surface area contributed by atoms with Crippen LogP contribution in [-0.2, 0) is 10.3 Å². The molecule has 1 aromatic carbocycles. The maximum Gasteiger partial charge on any atom is 0.129 e. The number of benzene rings is 1. The van der Waals surface area contributed by atoms with Gasteiger partial charge in [0.1, 0.15) is 11.6 Å². The molecule has 0 radical (unpaired) electrons. The summed E-state index contributed by atoms with van der Waals surface area (Å²) in [6.07, 6.45) is 1.56.